The maximum absolute atomic E-state index is 5.88. The smallest absolute Gasteiger partial charge is 0.228 e. The molecule has 1 unspecified atom stereocenters. The van der Waals surface area contributed by atoms with Gasteiger partial charge in [0.05, 0.1) is 0 Å². The maximum atomic E-state index is 5.88. The lowest BCUT2D eigenvalue weighted by Gasteiger charge is -2.13. The molecule has 0 spiro atoms. The van der Waals surface area contributed by atoms with E-state index in [-0.39, 0.29) is 5.28 Å². The van der Waals surface area contributed by atoms with Gasteiger partial charge in [0.15, 0.2) is 0 Å². The number of benzene rings is 1. The molecule has 20 heavy (non-hydrogen) atoms. The summed E-state index contributed by atoms with van der Waals surface area (Å²) in [6.07, 6.45) is 0. The zero-order chi connectivity index (χ0) is 14.4. The van der Waals surface area contributed by atoms with Crippen LogP contribution in [0.25, 0.3) is 0 Å². The molecule has 2 rings (SSSR count). The van der Waals surface area contributed by atoms with Crippen molar-refractivity contribution in [3.63, 3.8) is 0 Å². The summed E-state index contributed by atoms with van der Waals surface area (Å²) in [5, 5.41) is 6.40. The van der Waals surface area contributed by atoms with Gasteiger partial charge in [-0.3, -0.25) is 0 Å². The Bertz CT molecular complexity index is 547. The molecule has 0 bridgehead atoms. The van der Waals surface area contributed by atoms with Gasteiger partial charge in [-0.05, 0) is 30.0 Å². The van der Waals surface area contributed by atoms with Crippen molar-refractivity contribution < 1.29 is 0 Å². The van der Waals surface area contributed by atoms with Crippen LogP contribution < -0.4 is 10.6 Å². The molecule has 0 fully saturated rings. The largest absolute Gasteiger partial charge is 0.354 e. The van der Waals surface area contributed by atoms with Gasteiger partial charge in [0.1, 0.15) is 0 Å². The average molecular weight is 292 g/mol. The molecule has 0 saturated heterocycles. The molecule has 0 amide bonds. The van der Waals surface area contributed by atoms with Crippen LogP contribution in [0.4, 0.5) is 11.9 Å². The predicted octanol–water partition coefficient (Wildman–Crippen LogP) is 3.17. The Hall–Kier alpha value is -1.88. The Morgan fingerprint density at radius 3 is 2.35 bits per heavy atom. The molecule has 106 valence electrons. The van der Waals surface area contributed by atoms with Gasteiger partial charge in [0.2, 0.25) is 17.2 Å². The van der Waals surface area contributed by atoms with E-state index in [1.54, 1.807) is 0 Å². The SMILES string of the molecule is CCNc1nc(Cl)nc(NCC(C)c2ccccc2)n1. The van der Waals surface area contributed by atoms with E-state index < -0.39 is 0 Å². The number of nitrogens with zero attached hydrogens (tertiary/aromatic N) is 3. The minimum atomic E-state index is 0.186. The van der Waals surface area contributed by atoms with Crippen molar-refractivity contribution >= 4 is 23.5 Å². The van der Waals surface area contributed by atoms with Crippen LogP contribution in [-0.2, 0) is 0 Å². The lowest BCUT2D eigenvalue weighted by molar-refractivity contribution is 0.795. The van der Waals surface area contributed by atoms with Gasteiger partial charge in [0, 0.05) is 13.1 Å². The normalized spacial score (nSPS) is 11.9. The summed E-state index contributed by atoms with van der Waals surface area (Å²) in [5.41, 5.74) is 1.27. The third kappa shape index (κ3) is 4.06. The quantitative estimate of drug-likeness (QED) is 0.856. The highest BCUT2D eigenvalue weighted by Gasteiger charge is 2.08. The lowest BCUT2D eigenvalue weighted by atomic mass is 10.0. The second-order valence-corrected chi connectivity index (χ2v) is 4.81. The molecule has 0 aliphatic heterocycles. The third-order valence-corrected chi connectivity index (χ3v) is 3.05. The second-order valence-electron chi connectivity index (χ2n) is 4.47. The molecule has 0 saturated carbocycles. The minimum absolute atomic E-state index is 0.186. The second kappa shape index (κ2) is 7.05. The summed E-state index contributed by atoms with van der Waals surface area (Å²) >= 11 is 5.88. The summed E-state index contributed by atoms with van der Waals surface area (Å²) in [6.45, 7) is 5.59. The van der Waals surface area contributed by atoms with Crippen LogP contribution in [0.15, 0.2) is 30.3 Å². The van der Waals surface area contributed by atoms with Gasteiger partial charge >= 0.3 is 0 Å². The van der Waals surface area contributed by atoms with Crippen LogP contribution in [0.3, 0.4) is 0 Å². The van der Waals surface area contributed by atoms with Gasteiger partial charge in [-0.25, -0.2) is 0 Å². The van der Waals surface area contributed by atoms with Crippen molar-refractivity contribution in [2.75, 3.05) is 23.7 Å². The van der Waals surface area contributed by atoms with Crippen LogP contribution in [0, 0.1) is 0 Å². The van der Waals surface area contributed by atoms with E-state index in [2.05, 4.69) is 44.6 Å². The standard InChI is InChI=1S/C14H18ClN5/c1-3-16-13-18-12(15)19-14(20-13)17-9-10(2)11-7-5-4-6-8-11/h4-8,10H,3,9H2,1-2H3,(H2,16,17,18,19,20). The molecule has 1 heterocycles. The van der Waals surface area contributed by atoms with E-state index >= 15 is 0 Å². The first-order chi connectivity index (χ1) is 9.69. The Morgan fingerprint density at radius 1 is 1.05 bits per heavy atom. The summed E-state index contributed by atoms with van der Waals surface area (Å²) in [7, 11) is 0. The third-order valence-electron chi connectivity index (χ3n) is 2.88. The fraction of sp³-hybridized carbons (Fsp3) is 0.357. The van der Waals surface area contributed by atoms with E-state index in [4.69, 9.17) is 11.6 Å². The summed E-state index contributed by atoms with van der Waals surface area (Å²) in [5.74, 6) is 1.33. The first-order valence-corrected chi connectivity index (χ1v) is 7.01. The van der Waals surface area contributed by atoms with Crippen molar-refractivity contribution in [2.24, 2.45) is 0 Å². The van der Waals surface area contributed by atoms with Crippen LogP contribution in [0.2, 0.25) is 5.28 Å². The first-order valence-electron chi connectivity index (χ1n) is 6.63. The van der Waals surface area contributed by atoms with Crippen molar-refractivity contribution in [1.82, 2.24) is 15.0 Å². The van der Waals surface area contributed by atoms with Gasteiger partial charge < -0.3 is 10.6 Å². The summed E-state index contributed by atoms with van der Waals surface area (Å²) < 4.78 is 0. The molecule has 1 aromatic carbocycles. The maximum Gasteiger partial charge on any atom is 0.228 e. The lowest BCUT2D eigenvalue weighted by Crippen LogP contribution is -2.13. The Balaban J connectivity index is 2.00. The molecule has 5 nitrogen and oxygen atoms in total. The highest BCUT2D eigenvalue weighted by molar-refractivity contribution is 6.28. The van der Waals surface area contributed by atoms with E-state index in [0.717, 1.165) is 13.1 Å². The summed E-state index contributed by atoms with van der Waals surface area (Å²) in [6, 6.07) is 10.3. The first kappa shape index (κ1) is 14.5. The number of anilines is 2. The van der Waals surface area contributed by atoms with Gasteiger partial charge in [-0.2, -0.15) is 15.0 Å². The molecule has 0 aliphatic carbocycles. The Labute approximate surface area is 123 Å². The van der Waals surface area contributed by atoms with E-state index in [1.165, 1.54) is 5.56 Å². The minimum Gasteiger partial charge on any atom is -0.354 e. The highest BCUT2D eigenvalue weighted by Crippen LogP contribution is 2.16. The van der Waals surface area contributed by atoms with E-state index in [9.17, 15) is 0 Å². The molecule has 2 N–H and O–H groups in total. The Kier molecular flexibility index (Phi) is 5.12. The Morgan fingerprint density at radius 2 is 1.70 bits per heavy atom. The number of aromatic nitrogens is 3. The van der Waals surface area contributed by atoms with Crippen LogP contribution in [0.1, 0.15) is 25.3 Å². The molecule has 0 radical (unpaired) electrons. The van der Waals surface area contributed by atoms with Crippen molar-refractivity contribution in [3.05, 3.63) is 41.2 Å². The molecule has 6 heteroatoms. The van der Waals surface area contributed by atoms with Crippen molar-refractivity contribution in [1.29, 1.82) is 0 Å². The number of rotatable bonds is 6. The van der Waals surface area contributed by atoms with Crippen LogP contribution in [-0.4, -0.2) is 28.0 Å². The number of halogens is 1. The van der Waals surface area contributed by atoms with Gasteiger partial charge in [-0.1, -0.05) is 37.3 Å². The monoisotopic (exact) mass is 291 g/mol. The molecule has 0 aliphatic rings. The van der Waals surface area contributed by atoms with Gasteiger partial charge in [-0.15, -0.1) is 0 Å². The molecule has 1 atom stereocenters. The molecular formula is C14H18ClN5. The van der Waals surface area contributed by atoms with Crippen LogP contribution in [0.5, 0.6) is 0 Å². The van der Waals surface area contributed by atoms with E-state index in [0.29, 0.717) is 17.8 Å². The zero-order valence-corrected chi connectivity index (χ0v) is 12.4. The average Bonchev–Trinajstić information content (AvgIpc) is 2.45. The van der Waals surface area contributed by atoms with Crippen molar-refractivity contribution in [3.8, 4) is 0 Å². The number of nitrogens with one attached hydrogen (secondary N) is 2. The predicted molar refractivity (Wildman–Crippen MR) is 82.3 cm³/mol. The van der Waals surface area contributed by atoms with Crippen LogP contribution >= 0.6 is 11.6 Å². The topological polar surface area (TPSA) is 62.7 Å². The van der Waals surface area contributed by atoms with Crippen molar-refractivity contribution in [2.45, 2.75) is 19.8 Å². The summed E-state index contributed by atoms with van der Waals surface area (Å²) in [4.78, 5) is 12.3. The molecular weight excluding hydrogens is 274 g/mol. The molecule has 1 aromatic heterocycles. The number of hydrogen-bond donors (Lipinski definition) is 2. The zero-order valence-electron chi connectivity index (χ0n) is 11.6. The van der Waals surface area contributed by atoms with E-state index in [1.807, 2.05) is 25.1 Å². The fourth-order valence-electron chi connectivity index (χ4n) is 1.81. The fourth-order valence-corrected chi connectivity index (χ4v) is 1.97. The van der Waals surface area contributed by atoms with Gasteiger partial charge in [0.25, 0.3) is 0 Å². The highest BCUT2D eigenvalue weighted by atomic mass is 35.5. The molecule has 2 aromatic rings. The number of hydrogen-bond acceptors (Lipinski definition) is 5.